The van der Waals surface area contributed by atoms with Crippen LogP contribution in [0.5, 0.6) is 0 Å². The molecule has 1 N–H and O–H groups in total. The zero-order valence-electron chi connectivity index (χ0n) is 11.9. The van der Waals surface area contributed by atoms with Crippen LogP contribution in [0.2, 0.25) is 0 Å². The molecule has 0 aliphatic heterocycles. The van der Waals surface area contributed by atoms with Crippen molar-refractivity contribution in [1.82, 2.24) is 0 Å². The number of aryl methyl sites for hydroxylation is 1. The minimum absolute atomic E-state index is 0.125. The van der Waals surface area contributed by atoms with Crippen LogP contribution in [0, 0.1) is 18.6 Å². The van der Waals surface area contributed by atoms with Gasteiger partial charge in [0, 0.05) is 11.6 Å². The molecule has 0 spiro atoms. The molecule has 2 aromatic carbocycles. The van der Waals surface area contributed by atoms with Gasteiger partial charge in [-0.3, -0.25) is 0 Å². The van der Waals surface area contributed by atoms with E-state index in [1.54, 1.807) is 13.0 Å². The summed E-state index contributed by atoms with van der Waals surface area (Å²) in [5.74, 6) is -0.747. The summed E-state index contributed by atoms with van der Waals surface area (Å²) >= 11 is 0. The Balaban J connectivity index is 1.94. The summed E-state index contributed by atoms with van der Waals surface area (Å²) in [4.78, 5) is 0. The van der Waals surface area contributed by atoms with E-state index in [0.29, 0.717) is 17.0 Å². The summed E-state index contributed by atoms with van der Waals surface area (Å²) in [6, 6.07) is 9.87. The van der Waals surface area contributed by atoms with Gasteiger partial charge in [0.15, 0.2) is 0 Å². The first-order valence-corrected chi connectivity index (χ1v) is 7.29. The van der Waals surface area contributed by atoms with Crippen LogP contribution in [0.1, 0.15) is 53.5 Å². The smallest absolute Gasteiger partial charge is 0.132 e. The van der Waals surface area contributed by atoms with Gasteiger partial charge in [0.25, 0.3) is 0 Å². The molecule has 1 unspecified atom stereocenters. The Morgan fingerprint density at radius 2 is 1.86 bits per heavy atom. The van der Waals surface area contributed by atoms with Crippen LogP contribution in [0.3, 0.4) is 0 Å². The Kier molecular flexibility index (Phi) is 3.77. The minimum atomic E-state index is -1.07. The highest BCUT2D eigenvalue weighted by atomic mass is 19.1. The van der Waals surface area contributed by atoms with Crippen molar-refractivity contribution in [3.63, 3.8) is 0 Å². The van der Waals surface area contributed by atoms with Gasteiger partial charge in [0.05, 0.1) is 0 Å². The molecule has 1 fully saturated rings. The number of aliphatic hydroxyl groups excluding tert-OH is 1. The lowest BCUT2D eigenvalue weighted by Gasteiger charge is -2.26. The van der Waals surface area contributed by atoms with Crippen LogP contribution < -0.4 is 0 Å². The van der Waals surface area contributed by atoms with E-state index in [4.69, 9.17) is 0 Å². The summed E-state index contributed by atoms with van der Waals surface area (Å²) in [6.07, 6.45) is 2.51. The van der Waals surface area contributed by atoms with Crippen molar-refractivity contribution < 1.29 is 13.9 Å². The molecule has 0 bridgehead atoms. The second kappa shape index (κ2) is 5.57. The molecule has 1 nitrogen and oxygen atoms in total. The maximum atomic E-state index is 13.9. The monoisotopic (exact) mass is 288 g/mol. The maximum Gasteiger partial charge on any atom is 0.132 e. The summed E-state index contributed by atoms with van der Waals surface area (Å²) in [7, 11) is 0. The predicted octanol–water partition coefficient (Wildman–Crippen LogP) is 4.62. The second-order valence-electron chi connectivity index (χ2n) is 5.82. The van der Waals surface area contributed by atoms with Gasteiger partial charge in [0.1, 0.15) is 17.7 Å². The largest absolute Gasteiger partial charge is 0.384 e. The van der Waals surface area contributed by atoms with E-state index in [9.17, 15) is 13.9 Å². The van der Waals surface area contributed by atoms with Crippen molar-refractivity contribution in [3.8, 4) is 0 Å². The van der Waals surface area contributed by atoms with Crippen molar-refractivity contribution in [3.05, 3.63) is 70.3 Å². The molecular weight excluding hydrogens is 270 g/mol. The molecule has 21 heavy (non-hydrogen) atoms. The molecular formula is C18H18F2O. The van der Waals surface area contributed by atoms with Crippen LogP contribution in [0.15, 0.2) is 36.4 Å². The molecule has 1 atom stereocenters. The highest BCUT2D eigenvalue weighted by molar-refractivity contribution is 5.37. The van der Waals surface area contributed by atoms with E-state index >= 15 is 0 Å². The molecule has 2 aromatic rings. The maximum absolute atomic E-state index is 13.9. The first kappa shape index (κ1) is 14.2. The molecule has 1 aliphatic rings. The molecule has 1 saturated carbocycles. The lowest BCUT2D eigenvalue weighted by atomic mass is 9.79. The van der Waals surface area contributed by atoms with E-state index in [2.05, 4.69) is 0 Å². The third-order valence-corrected chi connectivity index (χ3v) is 4.38. The summed E-state index contributed by atoms with van der Waals surface area (Å²) in [6.45, 7) is 1.57. The normalized spacial score (nSPS) is 16.6. The summed E-state index contributed by atoms with van der Waals surface area (Å²) in [5.41, 5.74) is 2.31. The quantitative estimate of drug-likeness (QED) is 0.873. The van der Waals surface area contributed by atoms with Gasteiger partial charge in [0.2, 0.25) is 0 Å². The van der Waals surface area contributed by atoms with E-state index in [0.717, 1.165) is 6.07 Å². The SMILES string of the molecule is Cc1cc(C(O)c2cccc(C3CCC3)c2)c(F)cc1F. The Morgan fingerprint density at radius 1 is 1.10 bits per heavy atom. The van der Waals surface area contributed by atoms with Crippen LogP contribution >= 0.6 is 0 Å². The molecule has 0 aromatic heterocycles. The average molecular weight is 288 g/mol. The van der Waals surface area contributed by atoms with E-state index in [1.807, 2.05) is 18.2 Å². The molecule has 0 saturated heterocycles. The fraction of sp³-hybridized carbons (Fsp3) is 0.333. The molecule has 3 heteroatoms. The van der Waals surface area contributed by atoms with Crippen molar-refractivity contribution in [2.45, 2.75) is 38.2 Å². The fourth-order valence-corrected chi connectivity index (χ4v) is 2.79. The lowest BCUT2D eigenvalue weighted by Crippen LogP contribution is -2.10. The zero-order chi connectivity index (χ0) is 15.0. The molecule has 3 rings (SSSR count). The first-order chi connectivity index (χ1) is 10.1. The summed E-state index contributed by atoms with van der Waals surface area (Å²) in [5, 5.41) is 10.4. The topological polar surface area (TPSA) is 20.2 Å². The van der Waals surface area contributed by atoms with Gasteiger partial charge in [-0.25, -0.2) is 8.78 Å². The Morgan fingerprint density at radius 3 is 2.52 bits per heavy atom. The van der Waals surface area contributed by atoms with E-state index in [1.165, 1.54) is 30.9 Å². The van der Waals surface area contributed by atoms with Gasteiger partial charge >= 0.3 is 0 Å². The Bertz CT molecular complexity index is 662. The van der Waals surface area contributed by atoms with Gasteiger partial charge in [-0.05, 0) is 48.4 Å². The highest BCUT2D eigenvalue weighted by Gasteiger charge is 2.22. The lowest BCUT2D eigenvalue weighted by molar-refractivity contribution is 0.214. The predicted molar refractivity (Wildman–Crippen MR) is 78.2 cm³/mol. The van der Waals surface area contributed by atoms with E-state index in [-0.39, 0.29) is 5.56 Å². The number of hydrogen-bond donors (Lipinski definition) is 1. The van der Waals surface area contributed by atoms with Crippen LogP contribution in [-0.2, 0) is 0 Å². The van der Waals surface area contributed by atoms with Crippen molar-refractivity contribution in [2.24, 2.45) is 0 Å². The Hall–Kier alpha value is -1.74. The fourth-order valence-electron chi connectivity index (χ4n) is 2.79. The molecule has 0 amide bonds. The minimum Gasteiger partial charge on any atom is -0.384 e. The van der Waals surface area contributed by atoms with E-state index < -0.39 is 17.7 Å². The number of halogens is 2. The highest BCUT2D eigenvalue weighted by Crippen LogP contribution is 2.37. The standard InChI is InChI=1S/C18H18F2O/c1-11-8-15(17(20)10-16(11)19)18(21)14-7-3-6-13(9-14)12-4-2-5-12/h3,6-10,12,18,21H,2,4-5H2,1H3. The van der Waals surface area contributed by atoms with Gasteiger partial charge in [-0.2, -0.15) is 0 Å². The van der Waals surface area contributed by atoms with Crippen molar-refractivity contribution in [2.75, 3.05) is 0 Å². The van der Waals surface area contributed by atoms with Crippen LogP contribution in [0.25, 0.3) is 0 Å². The van der Waals surface area contributed by atoms with Crippen LogP contribution in [-0.4, -0.2) is 5.11 Å². The second-order valence-corrected chi connectivity index (χ2v) is 5.82. The average Bonchev–Trinajstić information content (AvgIpc) is 2.40. The molecule has 110 valence electrons. The van der Waals surface area contributed by atoms with Crippen molar-refractivity contribution in [1.29, 1.82) is 0 Å². The third kappa shape index (κ3) is 2.70. The number of benzene rings is 2. The molecule has 1 aliphatic carbocycles. The Labute approximate surface area is 123 Å². The number of hydrogen-bond acceptors (Lipinski definition) is 1. The van der Waals surface area contributed by atoms with Gasteiger partial charge < -0.3 is 5.11 Å². The summed E-state index contributed by atoms with van der Waals surface area (Å²) < 4.78 is 27.2. The van der Waals surface area contributed by atoms with Gasteiger partial charge in [-0.15, -0.1) is 0 Å². The number of rotatable bonds is 3. The zero-order valence-corrected chi connectivity index (χ0v) is 11.9. The van der Waals surface area contributed by atoms with Crippen LogP contribution in [0.4, 0.5) is 8.78 Å². The van der Waals surface area contributed by atoms with Crippen molar-refractivity contribution >= 4 is 0 Å². The third-order valence-electron chi connectivity index (χ3n) is 4.38. The first-order valence-electron chi connectivity index (χ1n) is 7.29. The molecule has 0 heterocycles. The van der Waals surface area contributed by atoms with Gasteiger partial charge in [-0.1, -0.05) is 30.7 Å². The number of aliphatic hydroxyl groups is 1. The molecule has 0 radical (unpaired) electrons.